The van der Waals surface area contributed by atoms with E-state index >= 15 is 0 Å². The van der Waals surface area contributed by atoms with Gasteiger partial charge in [0.05, 0.1) is 0 Å². The van der Waals surface area contributed by atoms with Gasteiger partial charge in [-0.05, 0) is 50.6 Å². The van der Waals surface area contributed by atoms with Crippen LogP contribution in [0.25, 0.3) is 0 Å². The van der Waals surface area contributed by atoms with Crippen molar-refractivity contribution in [2.75, 3.05) is 6.61 Å². The van der Waals surface area contributed by atoms with Gasteiger partial charge in [-0.1, -0.05) is 25.1 Å². The standard InChI is InChI=1S/C22H26F2N2O3/c1-4-15(2)25-22(28)16(3)26(13-17-7-5-6-8-20(17)24)21(27)14-29-19-11-9-18(23)10-12-19/h5-12,15-16H,4,13-14H2,1-3H3,(H,25,28). The molecule has 0 spiro atoms. The number of benzene rings is 2. The minimum Gasteiger partial charge on any atom is -0.484 e. The molecule has 29 heavy (non-hydrogen) atoms. The van der Waals surface area contributed by atoms with E-state index in [0.717, 1.165) is 6.42 Å². The number of carbonyl (C=O) groups excluding carboxylic acids is 2. The summed E-state index contributed by atoms with van der Waals surface area (Å²) in [6, 6.07) is 10.5. The Hall–Kier alpha value is -2.96. The van der Waals surface area contributed by atoms with Gasteiger partial charge in [-0.15, -0.1) is 0 Å². The summed E-state index contributed by atoms with van der Waals surface area (Å²) in [5.41, 5.74) is 0.297. The van der Waals surface area contributed by atoms with Crippen LogP contribution in [-0.4, -0.2) is 35.4 Å². The molecule has 0 bridgehead atoms. The molecule has 0 aromatic heterocycles. The smallest absolute Gasteiger partial charge is 0.261 e. The largest absolute Gasteiger partial charge is 0.484 e. The van der Waals surface area contributed by atoms with Crippen molar-refractivity contribution in [2.24, 2.45) is 0 Å². The van der Waals surface area contributed by atoms with Gasteiger partial charge in [0.1, 0.15) is 23.4 Å². The van der Waals surface area contributed by atoms with Crippen LogP contribution in [0.5, 0.6) is 5.75 Å². The van der Waals surface area contributed by atoms with Crippen LogP contribution in [0.15, 0.2) is 48.5 Å². The van der Waals surface area contributed by atoms with Crippen LogP contribution in [0.2, 0.25) is 0 Å². The number of rotatable bonds is 9. The Balaban J connectivity index is 2.15. The lowest BCUT2D eigenvalue weighted by atomic mass is 10.1. The van der Waals surface area contributed by atoms with Gasteiger partial charge in [0.25, 0.3) is 5.91 Å². The second kappa shape index (κ2) is 10.5. The minimum atomic E-state index is -0.826. The van der Waals surface area contributed by atoms with Gasteiger partial charge in [-0.2, -0.15) is 0 Å². The highest BCUT2D eigenvalue weighted by molar-refractivity contribution is 5.88. The second-order valence-corrected chi connectivity index (χ2v) is 6.85. The van der Waals surface area contributed by atoms with Crippen molar-refractivity contribution in [3.8, 4) is 5.75 Å². The third-order valence-corrected chi connectivity index (χ3v) is 4.64. The molecule has 0 aliphatic carbocycles. The predicted octanol–water partition coefficient (Wildman–Crippen LogP) is 3.68. The second-order valence-electron chi connectivity index (χ2n) is 6.85. The van der Waals surface area contributed by atoms with Gasteiger partial charge in [0.2, 0.25) is 5.91 Å². The Morgan fingerprint density at radius 2 is 1.72 bits per heavy atom. The van der Waals surface area contributed by atoms with Gasteiger partial charge in [0.15, 0.2) is 6.61 Å². The average molecular weight is 404 g/mol. The summed E-state index contributed by atoms with van der Waals surface area (Å²) >= 11 is 0. The Labute approximate surface area is 169 Å². The molecular formula is C22H26F2N2O3. The molecule has 2 unspecified atom stereocenters. The molecular weight excluding hydrogens is 378 g/mol. The molecule has 0 aliphatic heterocycles. The molecule has 0 radical (unpaired) electrons. The first-order valence-electron chi connectivity index (χ1n) is 9.53. The molecule has 1 N–H and O–H groups in total. The van der Waals surface area contributed by atoms with Gasteiger partial charge in [0, 0.05) is 18.2 Å². The molecule has 2 aromatic carbocycles. The van der Waals surface area contributed by atoms with Crippen molar-refractivity contribution < 1.29 is 23.1 Å². The van der Waals surface area contributed by atoms with Crippen molar-refractivity contribution >= 4 is 11.8 Å². The van der Waals surface area contributed by atoms with Gasteiger partial charge in [-0.3, -0.25) is 9.59 Å². The molecule has 0 fully saturated rings. The fourth-order valence-electron chi connectivity index (χ4n) is 2.62. The van der Waals surface area contributed by atoms with E-state index in [4.69, 9.17) is 4.74 Å². The maximum Gasteiger partial charge on any atom is 0.261 e. The summed E-state index contributed by atoms with van der Waals surface area (Å²) in [6.07, 6.45) is 0.743. The summed E-state index contributed by atoms with van der Waals surface area (Å²) in [7, 11) is 0. The van der Waals surface area contributed by atoms with E-state index in [0.29, 0.717) is 11.3 Å². The number of carbonyl (C=O) groups is 2. The fourth-order valence-corrected chi connectivity index (χ4v) is 2.62. The number of hydrogen-bond acceptors (Lipinski definition) is 3. The number of nitrogens with one attached hydrogen (secondary N) is 1. The monoisotopic (exact) mass is 404 g/mol. The van der Waals surface area contributed by atoms with Crippen molar-refractivity contribution in [1.82, 2.24) is 10.2 Å². The Morgan fingerprint density at radius 3 is 2.34 bits per heavy atom. The lowest BCUT2D eigenvalue weighted by Gasteiger charge is -2.29. The molecule has 2 aromatic rings. The molecule has 0 saturated carbocycles. The normalized spacial score (nSPS) is 12.7. The first-order chi connectivity index (χ1) is 13.8. The van der Waals surface area contributed by atoms with E-state index in [1.165, 1.54) is 35.2 Å². The van der Waals surface area contributed by atoms with E-state index in [1.807, 2.05) is 13.8 Å². The zero-order chi connectivity index (χ0) is 21.4. The Kier molecular flexibility index (Phi) is 8.12. The third-order valence-electron chi connectivity index (χ3n) is 4.64. The minimum absolute atomic E-state index is 0.0502. The van der Waals surface area contributed by atoms with E-state index in [9.17, 15) is 18.4 Å². The number of ether oxygens (including phenoxy) is 1. The highest BCUT2D eigenvalue weighted by Gasteiger charge is 2.27. The maximum atomic E-state index is 14.1. The van der Waals surface area contributed by atoms with E-state index in [1.54, 1.807) is 25.1 Å². The zero-order valence-electron chi connectivity index (χ0n) is 16.8. The van der Waals surface area contributed by atoms with Crippen molar-refractivity contribution in [2.45, 2.75) is 45.8 Å². The highest BCUT2D eigenvalue weighted by atomic mass is 19.1. The third kappa shape index (κ3) is 6.55. The SMILES string of the molecule is CCC(C)NC(=O)C(C)N(Cc1ccccc1F)C(=O)COc1ccc(F)cc1. The molecule has 156 valence electrons. The number of nitrogens with zero attached hydrogens (tertiary/aromatic N) is 1. The highest BCUT2D eigenvalue weighted by Crippen LogP contribution is 2.15. The van der Waals surface area contributed by atoms with E-state index in [-0.39, 0.29) is 25.1 Å². The molecule has 7 heteroatoms. The van der Waals surface area contributed by atoms with Crippen LogP contribution in [0.4, 0.5) is 8.78 Å². The van der Waals surface area contributed by atoms with Crippen molar-refractivity contribution in [3.63, 3.8) is 0 Å². The topological polar surface area (TPSA) is 58.6 Å². The summed E-state index contributed by atoms with van der Waals surface area (Å²) < 4.78 is 32.6. The number of halogens is 2. The van der Waals surface area contributed by atoms with Crippen LogP contribution in [-0.2, 0) is 16.1 Å². The summed E-state index contributed by atoms with van der Waals surface area (Å²) in [5, 5.41) is 2.84. The fraction of sp³-hybridized carbons (Fsp3) is 0.364. The molecule has 5 nitrogen and oxygen atoms in total. The molecule has 2 rings (SSSR count). The maximum absolute atomic E-state index is 14.1. The first kappa shape index (κ1) is 22.3. The van der Waals surface area contributed by atoms with E-state index < -0.39 is 23.6 Å². The molecule has 0 saturated heterocycles. The van der Waals surface area contributed by atoms with E-state index in [2.05, 4.69) is 5.32 Å². The van der Waals surface area contributed by atoms with Gasteiger partial charge < -0.3 is 15.0 Å². The van der Waals surface area contributed by atoms with Crippen LogP contribution in [0.1, 0.15) is 32.8 Å². The molecule has 2 atom stereocenters. The van der Waals surface area contributed by atoms with Crippen LogP contribution in [0.3, 0.4) is 0 Å². The quantitative estimate of drug-likeness (QED) is 0.694. The number of hydrogen-bond donors (Lipinski definition) is 1. The molecule has 0 aliphatic rings. The molecule has 2 amide bonds. The molecule has 0 heterocycles. The van der Waals surface area contributed by atoms with Crippen LogP contribution < -0.4 is 10.1 Å². The average Bonchev–Trinajstić information content (AvgIpc) is 2.71. The summed E-state index contributed by atoms with van der Waals surface area (Å²) in [6.45, 7) is 4.96. The lowest BCUT2D eigenvalue weighted by molar-refractivity contribution is -0.142. The van der Waals surface area contributed by atoms with Crippen molar-refractivity contribution in [3.05, 3.63) is 65.7 Å². The van der Waals surface area contributed by atoms with Crippen LogP contribution in [0, 0.1) is 11.6 Å². The predicted molar refractivity (Wildman–Crippen MR) is 106 cm³/mol. The van der Waals surface area contributed by atoms with Gasteiger partial charge >= 0.3 is 0 Å². The van der Waals surface area contributed by atoms with Gasteiger partial charge in [-0.25, -0.2) is 8.78 Å². The summed E-state index contributed by atoms with van der Waals surface area (Å²) in [5.74, 6) is -1.36. The van der Waals surface area contributed by atoms with Crippen molar-refractivity contribution in [1.29, 1.82) is 0 Å². The first-order valence-corrected chi connectivity index (χ1v) is 9.53. The summed E-state index contributed by atoms with van der Waals surface area (Å²) in [4.78, 5) is 26.7. The zero-order valence-corrected chi connectivity index (χ0v) is 16.8. The Morgan fingerprint density at radius 1 is 1.07 bits per heavy atom. The Bertz CT molecular complexity index is 827. The van der Waals surface area contributed by atoms with Crippen LogP contribution >= 0.6 is 0 Å². The lowest BCUT2D eigenvalue weighted by Crippen LogP contribution is -2.50. The number of amides is 2.